The molecule has 4 rings (SSSR count). The largest absolute Gasteiger partial charge is 0.328 e. The van der Waals surface area contributed by atoms with E-state index in [1.54, 1.807) is 11.3 Å². The highest BCUT2D eigenvalue weighted by molar-refractivity contribution is 7.08. The lowest BCUT2D eigenvalue weighted by Gasteiger charge is -2.37. The van der Waals surface area contributed by atoms with Gasteiger partial charge in [0.2, 0.25) is 5.95 Å². The minimum absolute atomic E-state index is 0.00962. The minimum Gasteiger partial charge on any atom is -0.328 e. The van der Waals surface area contributed by atoms with Crippen molar-refractivity contribution in [1.29, 1.82) is 0 Å². The highest BCUT2D eigenvalue weighted by Gasteiger charge is 2.41. The standard InChI is InChI=1S/C15H16N4OS/c1-15(2)5-10-12(11(20)6-15)13(9-3-4-21-7-9)19-14(18-10)16-8-17-19/h3-4,7-8,13H,5-6H2,1-2H3,(H,16,17,18)/t13-/m1/s1. The number of allylic oxidation sites excluding steroid dienone is 2. The molecule has 0 fully saturated rings. The van der Waals surface area contributed by atoms with Crippen molar-refractivity contribution < 1.29 is 4.79 Å². The summed E-state index contributed by atoms with van der Waals surface area (Å²) < 4.78 is 1.82. The molecule has 1 aliphatic carbocycles. The van der Waals surface area contributed by atoms with Crippen LogP contribution in [0.15, 0.2) is 34.4 Å². The van der Waals surface area contributed by atoms with Crippen molar-refractivity contribution >= 4 is 23.1 Å². The summed E-state index contributed by atoms with van der Waals surface area (Å²) in [7, 11) is 0. The topological polar surface area (TPSA) is 59.8 Å². The van der Waals surface area contributed by atoms with Crippen LogP contribution in [-0.2, 0) is 4.79 Å². The molecule has 0 saturated heterocycles. The van der Waals surface area contributed by atoms with Crippen LogP contribution >= 0.6 is 11.3 Å². The normalized spacial score (nSPS) is 23.5. The van der Waals surface area contributed by atoms with Crippen LogP contribution in [-0.4, -0.2) is 20.5 Å². The van der Waals surface area contributed by atoms with Crippen LogP contribution in [0.2, 0.25) is 0 Å². The lowest BCUT2D eigenvalue weighted by atomic mass is 9.73. The van der Waals surface area contributed by atoms with E-state index >= 15 is 0 Å². The summed E-state index contributed by atoms with van der Waals surface area (Å²) >= 11 is 1.64. The Labute approximate surface area is 126 Å². The van der Waals surface area contributed by atoms with Gasteiger partial charge in [-0.25, -0.2) is 4.68 Å². The molecule has 6 heteroatoms. The van der Waals surface area contributed by atoms with Gasteiger partial charge in [0.25, 0.3) is 0 Å². The predicted molar refractivity (Wildman–Crippen MR) is 81.2 cm³/mol. The van der Waals surface area contributed by atoms with E-state index in [0.717, 1.165) is 29.2 Å². The maximum Gasteiger partial charge on any atom is 0.226 e. The maximum atomic E-state index is 12.7. The average molecular weight is 300 g/mol. The van der Waals surface area contributed by atoms with Crippen LogP contribution < -0.4 is 5.32 Å². The second-order valence-corrected chi connectivity index (χ2v) is 7.23. The number of anilines is 1. The van der Waals surface area contributed by atoms with Crippen LogP contribution in [0.1, 0.15) is 38.3 Å². The smallest absolute Gasteiger partial charge is 0.226 e. The summed E-state index contributed by atoms with van der Waals surface area (Å²) in [4.78, 5) is 17.0. The first-order valence-corrected chi connectivity index (χ1v) is 7.94. The Morgan fingerprint density at radius 2 is 2.29 bits per heavy atom. The molecule has 0 spiro atoms. The monoisotopic (exact) mass is 300 g/mol. The fraction of sp³-hybridized carbons (Fsp3) is 0.400. The first-order chi connectivity index (χ1) is 10.1. The number of hydrogen-bond donors (Lipinski definition) is 1. The molecule has 0 aromatic carbocycles. The molecule has 5 nitrogen and oxygen atoms in total. The summed E-state index contributed by atoms with van der Waals surface area (Å²) in [5.74, 6) is 0.932. The molecule has 0 radical (unpaired) electrons. The Kier molecular flexibility index (Phi) is 2.60. The van der Waals surface area contributed by atoms with Crippen molar-refractivity contribution in [2.75, 3.05) is 5.32 Å². The van der Waals surface area contributed by atoms with E-state index in [1.165, 1.54) is 6.33 Å². The molecular weight excluding hydrogens is 284 g/mol. The predicted octanol–water partition coefficient (Wildman–Crippen LogP) is 3.00. The molecule has 2 aliphatic rings. The lowest BCUT2D eigenvalue weighted by molar-refractivity contribution is -0.118. The molecule has 0 amide bonds. The number of Topliss-reactive ketones (excluding diaryl/α,β-unsaturated/α-hetero) is 1. The van der Waals surface area contributed by atoms with Crippen LogP contribution in [0, 0.1) is 5.41 Å². The van der Waals surface area contributed by atoms with Gasteiger partial charge in [-0.15, -0.1) is 0 Å². The number of nitrogens with zero attached hydrogens (tertiary/aromatic N) is 3. The second-order valence-electron chi connectivity index (χ2n) is 6.45. The zero-order valence-corrected chi connectivity index (χ0v) is 12.8. The van der Waals surface area contributed by atoms with Gasteiger partial charge in [-0.1, -0.05) is 13.8 Å². The lowest BCUT2D eigenvalue weighted by Crippen LogP contribution is -2.36. The van der Waals surface area contributed by atoms with Gasteiger partial charge < -0.3 is 5.32 Å². The number of carbonyl (C=O) groups excluding carboxylic acids is 1. The molecule has 1 atom stereocenters. The summed E-state index contributed by atoms with van der Waals surface area (Å²) in [5.41, 5.74) is 2.96. The van der Waals surface area contributed by atoms with Gasteiger partial charge in [0, 0.05) is 17.7 Å². The zero-order valence-electron chi connectivity index (χ0n) is 12.0. The summed E-state index contributed by atoms with van der Waals surface area (Å²) in [6, 6.07) is 1.91. The third-order valence-electron chi connectivity index (χ3n) is 4.13. The van der Waals surface area contributed by atoms with Crippen molar-refractivity contribution in [3.8, 4) is 0 Å². The molecule has 0 saturated carbocycles. The van der Waals surface area contributed by atoms with E-state index in [-0.39, 0.29) is 17.2 Å². The van der Waals surface area contributed by atoms with Gasteiger partial charge >= 0.3 is 0 Å². The summed E-state index contributed by atoms with van der Waals surface area (Å²) in [5, 5.41) is 11.7. The van der Waals surface area contributed by atoms with Gasteiger partial charge in [-0.2, -0.15) is 21.4 Å². The number of carbonyl (C=O) groups is 1. The number of fused-ring (bicyclic) bond motifs is 1. The van der Waals surface area contributed by atoms with Crippen LogP contribution in [0.5, 0.6) is 0 Å². The molecule has 0 bridgehead atoms. The first-order valence-electron chi connectivity index (χ1n) is 7.00. The van der Waals surface area contributed by atoms with E-state index < -0.39 is 0 Å². The zero-order chi connectivity index (χ0) is 14.6. The fourth-order valence-corrected chi connectivity index (χ4v) is 3.97. The molecule has 2 aromatic heterocycles. The van der Waals surface area contributed by atoms with Gasteiger partial charge in [-0.3, -0.25) is 4.79 Å². The summed E-state index contributed by atoms with van der Waals surface area (Å²) in [6.07, 6.45) is 2.98. The Morgan fingerprint density at radius 3 is 3.05 bits per heavy atom. The maximum absolute atomic E-state index is 12.7. The van der Waals surface area contributed by atoms with E-state index in [9.17, 15) is 4.79 Å². The Balaban J connectivity index is 1.91. The number of ketones is 1. The van der Waals surface area contributed by atoms with Crippen LogP contribution in [0.3, 0.4) is 0 Å². The van der Waals surface area contributed by atoms with Crippen molar-refractivity contribution in [3.05, 3.63) is 40.0 Å². The molecular formula is C15H16N4OS. The quantitative estimate of drug-likeness (QED) is 0.879. The molecule has 1 aliphatic heterocycles. The Hall–Kier alpha value is -1.95. The molecule has 108 valence electrons. The number of rotatable bonds is 1. The number of thiophene rings is 1. The van der Waals surface area contributed by atoms with Crippen molar-refractivity contribution in [3.63, 3.8) is 0 Å². The van der Waals surface area contributed by atoms with Gasteiger partial charge in [0.05, 0.1) is 0 Å². The highest BCUT2D eigenvalue weighted by Crippen LogP contribution is 2.45. The minimum atomic E-state index is -0.145. The average Bonchev–Trinajstić information content (AvgIpc) is 3.05. The van der Waals surface area contributed by atoms with E-state index in [2.05, 4.69) is 40.7 Å². The second kappa shape index (κ2) is 4.27. The molecule has 1 N–H and O–H groups in total. The van der Waals surface area contributed by atoms with E-state index in [4.69, 9.17) is 0 Å². The third kappa shape index (κ3) is 1.93. The Morgan fingerprint density at radius 1 is 1.43 bits per heavy atom. The first kappa shape index (κ1) is 12.8. The van der Waals surface area contributed by atoms with E-state index in [1.807, 2.05) is 10.1 Å². The van der Waals surface area contributed by atoms with Crippen LogP contribution in [0.25, 0.3) is 0 Å². The van der Waals surface area contributed by atoms with Gasteiger partial charge in [-0.05, 0) is 34.2 Å². The van der Waals surface area contributed by atoms with Crippen LogP contribution in [0.4, 0.5) is 5.95 Å². The molecule has 0 unspecified atom stereocenters. The van der Waals surface area contributed by atoms with Crippen molar-refractivity contribution in [2.45, 2.75) is 32.7 Å². The molecule has 3 heterocycles. The van der Waals surface area contributed by atoms with E-state index in [0.29, 0.717) is 6.42 Å². The molecule has 21 heavy (non-hydrogen) atoms. The van der Waals surface area contributed by atoms with Crippen molar-refractivity contribution in [2.24, 2.45) is 5.41 Å². The summed E-state index contributed by atoms with van der Waals surface area (Å²) in [6.45, 7) is 4.27. The SMILES string of the molecule is CC1(C)CC(=O)C2=C(C1)Nc1ncnn1[C@@H]2c1ccsc1. The Bertz CT molecular complexity index is 742. The highest BCUT2D eigenvalue weighted by atomic mass is 32.1. The number of nitrogens with one attached hydrogen (secondary N) is 1. The number of hydrogen-bond acceptors (Lipinski definition) is 5. The number of aromatic nitrogens is 3. The van der Waals surface area contributed by atoms with Crippen molar-refractivity contribution in [1.82, 2.24) is 14.8 Å². The molecule has 2 aromatic rings. The van der Waals surface area contributed by atoms with Gasteiger partial charge in [0.1, 0.15) is 12.4 Å². The van der Waals surface area contributed by atoms with Gasteiger partial charge in [0.15, 0.2) is 5.78 Å². The fourth-order valence-electron chi connectivity index (χ4n) is 3.29. The third-order valence-corrected chi connectivity index (χ3v) is 4.83.